The Morgan fingerprint density at radius 2 is 2.53 bits per heavy atom. The highest BCUT2D eigenvalue weighted by atomic mass is 32.2. The lowest BCUT2D eigenvalue weighted by molar-refractivity contribution is 0.263. The van der Waals surface area contributed by atoms with E-state index in [2.05, 4.69) is 22.9 Å². The molecule has 3 heterocycles. The van der Waals surface area contributed by atoms with Gasteiger partial charge in [-0.1, -0.05) is 6.92 Å². The van der Waals surface area contributed by atoms with E-state index in [0.29, 0.717) is 6.04 Å². The van der Waals surface area contributed by atoms with Gasteiger partial charge in [0.05, 0.1) is 10.9 Å². The van der Waals surface area contributed by atoms with Crippen molar-refractivity contribution in [2.75, 3.05) is 23.8 Å². The summed E-state index contributed by atoms with van der Waals surface area (Å²) in [6.45, 7) is 4.17. The number of thioether (sulfide) groups is 1. The molecule has 0 aliphatic carbocycles. The van der Waals surface area contributed by atoms with Crippen LogP contribution in [0.2, 0.25) is 0 Å². The van der Waals surface area contributed by atoms with Crippen molar-refractivity contribution in [3.8, 4) is 5.75 Å². The Balaban J connectivity index is 1.92. The molecule has 0 radical (unpaired) electrons. The van der Waals surface area contributed by atoms with Crippen molar-refractivity contribution in [1.29, 1.82) is 0 Å². The van der Waals surface area contributed by atoms with Crippen LogP contribution < -0.4 is 9.64 Å². The van der Waals surface area contributed by atoms with Crippen LogP contribution in [0.4, 0.5) is 5.82 Å². The minimum Gasteiger partial charge on any atom is -0.486 e. The van der Waals surface area contributed by atoms with Crippen LogP contribution in [0.15, 0.2) is 17.2 Å². The first kappa shape index (κ1) is 11.2. The van der Waals surface area contributed by atoms with E-state index >= 15 is 0 Å². The average molecular weight is 250 g/mol. The molecule has 1 saturated heterocycles. The molecule has 0 aromatic carbocycles. The summed E-state index contributed by atoms with van der Waals surface area (Å²) in [5, 5.41) is 0. The number of pyridine rings is 1. The maximum Gasteiger partial charge on any atom is 0.175 e. The Bertz CT molecular complexity index is 410. The SMILES string of the molecule is CCCSc1ccnc2c1OCC1CCCN21. The zero-order valence-electron chi connectivity index (χ0n) is 10.2. The van der Waals surface area contributed by atoms with Crippen molar-refractivity contribution in [3.63, 3.8) is 0 Å². The van der Waals surface area contributed by atoms with Gasteiger partial charge in [0.15, 0.2) is 11.6 Å². The van der Waals surface area contributed by atoms with E-state index in [1.807, 2.05) is 18.0 Å². The smallest absolute Gasteiger partial charge is 0.175 e. The van der Waals surface area contributed by atoms with Crippen LogP contribution in [0, 0.1) is 0 Å². The van der Waals surface area contributed by atoms with Gasteiger partial charge in [0, 0.05) is 12.7 Å². The van der Waals surface area contributed by atoms with Gasteiger partial charge < -0.3 is 9.64 Å². The maximum atomic E-state index is 5.94. The van der Waals surface area contributed by atoms with E-state index in [1.165, 1.54) is 24.2 Å². The highest BCUT2D eigenvalue weighted by Crippen LogP contribution is 2.42. The summed E-state index contributed by atoms with van der Waals surface area (Å²) < 4.78 is 5.94. The topological polar surface area (TPSA) is 25.4 Å². The summed E-state index contributed by atoms with van der Waals surface area (Å²) >= 11 is 1.88. The summed E-state index contributed by atoms with van der Waals surface area (Å²) in [5.74, 6) is 3.23. The fourth-order valence-corrected chi connectivity index (χ4v) is 3.42. The average Bonchev–Trinajstić information content (AvgIpc) is 2.84. The van der Waals surface area contributed by atoms with Gasteiger partial charge in [-0.15, -0.1) is 11.8 Å². The van der Waals surface area contributed by atoms with Crippen molar-refractivity contribution in [1.82, 2.24) is 4.98 Å². The molecule has 0 saturated carbocycles. The van der Waals surface area contributed by atoms with Gasteiger partial charge in [-0.25, -0.2) is 4.98 Å². The van der Waals surface area contributed by atoms with Crippen molar-refractivity contribution in [2.24, 2.45) is 0 Å². The van der Waals surface area contributed by atoms with Crippen LogP contribution in [0.5, 0.6) is 5.75 Å². The standard InChI is InChI=1S/C13H18N2OS/c1-2-8-17-11-5-6-14-13-12(11)16-9-10-4-3-7-15(10)13/h5-6,10H,2-4,7-9H2,1H3. The number of nitrogens with zero attached hydrogens (tertiary/aromatic N) is 2. The highest BCUT2D eigenvalue weighted by molar-refractivity contribution is 7.99. The first-order valence-electron chi connectivity index (χ1n) is 6.41. The second kappa shape index (κ2) is 4.77. The van der Waals surface area contributed by atoms with E-state index in [-0.39, 0.29) is 0 Å². The number of hydrogen-bond donors (Lipinski definition) is 0. The molecule has 0 N–H and O–H groups in total. The Hall–Kier alpha value is -0.900. The van der Waals surface area contributed by atoms with E-state index < -0.39 is 0 Å². The lowest BCUT2D eigenvalue weighted by Crippen LogP contribution is -2.38. The molecule has 2 aliphatic heterocycles. The summed E-state index contributed by atoms with van der Waals surface area (Å²) in [5.41, 5.74) is 0. The largest absolute Gasteiger partial charge is 0.486 e. The molecule has 1 atom stereocenters. The number of hydrogen-bond acceptors (Lipinski definition) is 4. The van der Waals surface area contributed by atoms with Crippen LogP contribution in [0.3, 0.4) is 0 Å². The number of ether oxygens (including phenoxy) is 1. The molecule has 1 aromatic rings. The van der Waals surface area contributed by atoms with Gasteiger partial charge in [-0.3, -0.25) is 0 Å². The third kappa shape index (κ3) is 1.99. The molecule has 92 valence electrons. The van der Waals surface area contributed by atoms with Gasteiger partial charge in [-0.05, 0) is 31.1 Å². The van der Waals surface area contributed by atoms with Crippen LogP contribution in [-0.4, -0.2) is 29.9 Å². The van der Waals surface area contributed by atoms with Crippen LogP contribution in [-0.2, 0) is 0 Å². The molecule has 0 bridgehead atoms. The molecular formula is C13H18N2OS. The minimum absolute atomic E-state index is 0.557. The molecular weight excluding hydrogens is 232 g/mol. The predicted molar refractivity (Wildman–Crippen MR) is 71.1 cm³/mol. The Kier molecular flexibility index (Phi) is 3.14. The minimum atomic E-state index is 0.557. The third-order valence-corrected chi connectivity index (χ3v) is 4.63. The predicted octanol–water partition coefficient (Wildman–Crippen LogP) is 2.94. The molecule has 4 heteroatoms. The first-order chi connectivity index (χ1) is 8.40. The van der Waals surface area contributed by atoms with E-state index in [1.54, 1.807) is 0 Å². The summed E-state index contributed by atoms with van der Waals surface area (Å²) in [6.07, 6.45) is 5.61. The second-order valence-electron chi connectivity index (χ2n) is 4.61. The zero-order valence-corrected chi connectivity index (χ0v) is 11.0. The van der Waals surface area contributed by atoms with Gasteiger partial charge in [0.1, 0.15) is 6.61 Å². The lowest BCUT2D eigenvalue weighted by Gasteiger charge is -2.33. The van der Waals surface area contributed by atoms with E-state index in [9.17, 15) is 0 Å². The van der Waals surface area contributed by atoms with Crippen LogP contribution in [0.1, 0.15) is 26.2 Å². The fraction of sp³-hybridized carbons (Fsp3) is 0.615. The summed E-state index contributed by atoms with van der Waals surface area (Å²) in [6, 6.07) is 2.64. The van der Waals surface area contributed by atoms with Crippen molar-refractivity contribution < 1.29 is 4.74 Å². The van der Waals surface area contributed by atoms with Crippen LogP contribution in [0.25, 0.3) is 0 Å². The van der Waals surface area contributed by atoms with Crippen molar-refractivity contribution in [3.05, 3.63) is 12.3 Å². The molecule has 1 aromatic heterocycles. The maximum absolute atomic E-state index is 5.94. The highest BCUT2D eigenvalue weighted by Gasteiger charge is 2.33. The molecule has 3 nitrogen and oxygen atoms in total. The Labute approximate surface area is 107 Å². The number of aromatic nitrogens is 1. The quantitative estimate of drug-likeness (QED) is 0.770. The molecule has 17 heavy (non-hydrogen) atoms. The lowest BCUT2D eigenvalue weighted by atomic mass is 10.2. The number of anilines is 1. The Morgan fingerprint density at radius 1 is 1.59 bits per heavy atom. The molecule has 0 spiro atoms. The monoisotopic (exact) mass is 250 g/mol. The molecule has 1 fully saturated rings. The molecule has 2 aliphatic rings. The van der Waals surface area contributed by atoms with Crippen molar-refractivity contribution >= 4 is 17.6 Å². The van der Waals surface area contributed by atoms with E-state index in [0.717, 1.165) is 30.5 Å². The zero-order chi connectivity index (χ0) is 11.7. The van der Waals surface area contributed by atoms with Gasteiger partial charge >= 0.3 is 0 Å². The second-order valence-corrected chi connectivity index (χ2v) is 5.75. The molecule has 1 unspecified atom stereocenters. The Morgan fingerprint density at radius 3 is 3.41 bits per heavy atom. The molecule has 0 amide bonds. The fourth-order valence-electron chi connectivity index (χ4n) is 2.55. The molecule has 3 rings (SSSR count). The summed E-state index contributed by atoms with van der Waals surface area (Å²) in [4.78, 5) is 8.20. The van der Waals surface area contributed by atoms with Crippen molar-refractivity contribution in [2.45, 2.75) is 37.1 Å². The third-order valence-electron chi connectivity index (χ3n) is 3.38. The van der Waals surface area contributed by atoms with Gasteiger partial charge in [-0.2, -0.15) is 0 Å². The van der Waals surface area contributed by atoms with Gasteiger partial charge in [0.2, 0.25) is 0 Å². The summed E-state index contributed by atoms with van der Waals surface area (Å²) in [7, 11) is 0. The normalized spacial score (nSPS) is 21.9. The number of rotatable bonds is 3. The van der Waals surface area contributed by atoms with Crippen LogP contribution >= 0.6 is 11.8 Å². The van der Waals surface area contributed by atoms with Gasteiger partial charge in [0.25, 0.3) is 0 Å². The number of fused-ring (bicyclic) bond motifs is 3. The van der Waals surface area contributed by atoms with E-state index in [4.69, 9.17) is 4.74 Å². The first-order valence-corrected chi connectivity index (χ1v) is 7.40.